The van der Waals surface area contributed by atoms with Gasteiger partial charge in [-0.05, 0) is 38.0 Å². The first-order chi connectivity index (χ1) is 8.43. The smallest absolute Gasteiger partial charge is 0.221 e. The van der Waals surface area contributed by atoms with Crippen molar-refractivity contribution in [2.45, 2.75) is 39.3 Å². The van der Waals surface area contributed by atoms with Crippen LogP contribution in [0.5, 0.6) is 0 Å². The van der Waals surface area contributed by atoms with E-state index in [0.29, 0.717) is 0 Å². The van der Waals surface area contributed by atoms with E-state index in [-0.39, 0.29) is 18.1 Å². The van der Waals surface area contributed by atoms with Gasteiger partial charge in [-0.15, -0.1) is 0 Å². The van der Waals surface area contributed by atoms with Gasteiger partial charge in [0.15, 0.2) is 0 Å². The Morgan fingerprint density at radius 1 is 1.28 bits per heavy atom. The van der Waals surface area contributed by atoms with Crippen molar-refractivity contribution in [2.24, 2.45) is 0 Å². The van der Waals surface area contributed by atoms with Crippen LogP contribution in [0.15, 0.2) is 24.3 Å². The minimum Gasteiger partial charge on any atom is -0.396 e. The standard InChI is InChI=1S/C14H22N2O2/c1-11(18)16-13-6-4-12(5-7-13)10-15-14(2,3)8-9-17/h4-7,15,17H,8-10H2,1-3H3,(H,16,18). The molecule has 0 bridgehead atoms. The first-order valence-electron chi connectivity index (χ1n) is 6.15. The molecular formula is C14H22N2O2. The SMILES string of the molecule is CC(=O)Nc1ccc(CNC(C)(C)CCO)cc1. The Balaban J connectivity index is 2.51. The lowest BCUT2D eigenvalue weighted by Gasteiger charge is -2.25. The van der Waals surface area contributed by atoms with E-state index >= 15 is 0 Å². The van der Waals surface area contributed by atoms with Gasteiger partial charge in [-0.25, -0.2) is 0 Å². The van der Waals surface area contributed by atoms with Crippen molar-refractivity contribution in [1.82, 2.24) is 5.32 Å². The summed E-state index contributed by atoms with van der Waals surface area (Å²) in [5.74, 6) is -0.0649. The Morgan fingerprint density at radius 3 is 2.39 bits per heavy atom. The van der Waals surface area contributed by atoms with Gasteiger partial charge in [0.25, 0.3) is 0 Å². The van der Waals surface area contributed by atoms with Crippen LogP contribution < -0.4 is 10.6 Å². The quantitative estimate of drug-likeness (QED) is 0.722. The van der Waals surface area contributed by atoms with E-state index in [9.17, 15) is 4.79 Å². The van der Waals surface area contributed by atoms with Crippen LogP contribution in [-0.2, 0) is 11.3 Å². The lowest BCUT2D eigenvalue weighted by Crippen LogP contribution is -2.39. The number of hydrogen-bond donors (Lipinski definition) is 3. The molecule has 1 rings (SSSR count). The number of carbonyl (C=O) groups is 1. The largest absolute Gasteiger partial charge is 0.396 e. The zero-order valence-electron chi connectivity index (χ0n) is 11.3. The van der Waals surface area contributed by atoms with Gasteiger partial charge in [0.2, 0.25) is 5.91 Å². The van der Waals surface area contributed by atoms with Gasteiger partial charge in [-0.1, -0.05) is 12.1 Å². The number of aliphatic hydroxyl groups excluding tert-OH is 1. The molecule has 3 N–H and O–H groups in total. The normalized spacial score (nSPS) is 11.3. The van der Waals surface area contributed by atoms with E-state index in [1.54, 1.807) is 0 Å². The van der Waals surface area contributed by atoms with Crippen LogP contribution in [-0.4, -0.2) is 23.2 Å². The molecule has 1 aromatic carbocycles. The first kappa shape index (κ1) is 14.7. The lowest BCUT2D eigenvalue weighted by atomic mass is 10.0. The van der Waals surface area contributed by atoms with E-state index < -0.39 is 0 Å². The van der Waals surface area contributed by atoms with E-state index in [1.807, 2.05) is 24.3 Å². The fourth-order valence-corrected chi connectivity index (χ4v) is 1.62. The van der Waals surface area contributed by atoms with Crippen LogP contribution in [0.4, 0.5) is 5.69 Å². The molecule has 1 aromatic rings. The maximum atomic E-state index is 10.9. The summed E-state index contributed by atoms with van der Waals surface area (Å²) < 4.78 is 0. The maximum absolute atomic E-state index is 10.9. The summed E-state index contributed by atoms with van der Waals surface area (Å²) in [5.41, 5.74) is 1.88. The van der Waals surface area contributed by atoms with Gasteiger partial charge >= 0.3 is 0 Å². The van der Waals surface area contributed by atoms with Crippen molar-refractivity contribution in [3.8, 4) is 0 Å². The van der Waals surface area contributed by atoms with Gasteiger partial charge in [0.1, 0.15) is 0 Å². The molecule has 0 fully saturated rings. The van der Waals surface area contributed by atoms with Crippen LogP contribution in [0.25, 0.3) is 0 Å². The molecule has 0 aliphatic carbocycles. The zero-order chi connectivity index (χ0) is 13.6. The van der Waals surface area contributed by atoms with Crippen LogP contribution in [0, 0.1) is 0 Å². The number of nitrogens with one attached hydrogen (secondary N) is 2. The Bertz CT molecular complexity index is 385. The summed E-state index contributed by atoms with van der Waals surface area (Å²) in [6, 6.07) is 7.73. The van der Waals surface area contributed by atoms with Crippen LogP contribution in [0.1, 0.15) is 32.8 Å². The molecule has 0 aromatic heterocycles. The molecular weight excluding hydrogens is 228 g/mol. The average molecular weight is 250 g/mol. The molecule has 0 saturated heterocycles. The highest BCUT2D eigenvalue weighted by atomic mass is 16.3. The number of hydrogen-bond acceptors (Lipinski definition) is 3. The van der Waals surface area contributed by atoms with Gasteiger partial charge < -0.3 is 15.7 Å². The molecule has 18 heavy (non-hydrogen) atoms. The second-order valence-electron chi connectivity index (χ2n) is 5.09. The highest BCUT2D eigenvalue weighted by Crippen LogP contribution is 2.12. The molecule has 4 heteroatoms. The molecule has 0 radical (unpaired) electrons. The molecule has 0 atom stereocenters. The van der Waals surface area contributed by atoms with Gasteiger partial charge in [-0.3, -0.25) is 4.79 Å². The second-order valence-corrected chi connectivity index (χ2v) is 5.09. The molecule has 0 unspecified atom stereocenters. The molecule has 0 spiro atoms. The highest BCUT2D eigenvalue weighted by molar-refractivity contribution is 5.88. The third-order valence-electron chi connectivity index (χ3n) is 2.78. The highest BCUT2D eigenvalue weighted by Gasteiger charge is 2.15. The lowest BCUT2D eigenvalue weighted by molar-refractivity contribution is -0.114. The van der Waals surface area contributed by atoms with Crippen molar-refractivity contribution in [1.29, 1.82) is 0 Å². The first-order valence-corrected chi connectivity index (χ1v) is 6.15. The fraction of sp³-hybridized carbons (Fsp3) is 0.500. The Kier molecular flexibility index (Phi) is 5.31. The molecule has 0 aliphatic rings. The number of anilines is 1. The van der Waals surface area contributed by atoms with E-state index in [4.69, 9.17) is 5.11 Å². The predicted molar refractivity (Wildman–Crippen MR) is 73.4 cm³/mol. The predicted octanol–water partition coefficient (Wildman–Crippen LogP) is 1.90. The number of aliphatic hydroxyl groups is 1. The monoisotopic (exact) mass is 250 g/mol. The zero-order valence-corrected chi connectivity index (χ0v) is 11.3. The fourth-order valence-electron chi connectivity index (χ4n) is 1.62. The third kappa shape index (κ3) is 5.29. The summed E-state index contributed by atoms with van der Waals surface area (Å²) in [6.45, 7) is 6.55. The number of rotatable bonds is 6. The number of carbonyl (C=O) groups excluding carboxylic acids is 1. The summed E-state index contributed by atoms with van der Waals surface area (Å²) in [5, 5.41) is 15.1. The summed E-state index contributed by atoms with van der Waals surface area (Å²) in [7, 11) is 0. The van der Waals surface area contributed by atoms with Crippen LogP contribution >= 0.6 is 0 Å². The van der Waals surface area contributed by atoms with Crippen molar-refractivity contribution < 1.29 is 9.90 Å². The van der Waals surface area contributed by atoms with Gasteiger partial charge in [0, 0.05) is 31.3 Å². The molecule has 0 aliphatic heterocycles. The van der Waals surface area contributed by atoms with E-state index in [1.165, 1.54) is 6.92 Å². The number of benzene rings is 1. The molecule has 0 heterocycles. The topological polar surface area (TPSA) is 61.4 Å². The van der Waals surface area contributed by atoms with Crippen molar-refractivity contribution in [3.63, 3.8) is 0 Å². The summed E-state index contributed by atoms with van der Waals surface area (Å²) in [6.07, 6.45) is 0.719. The summed E-state index contributed by atoms with van der Waals surface area (Å²) in [4.78, 5) is 10.9. The van der Waals surface area contributed by atoms with Crippen molar-refractivity contribution in [3.05, 3.63) is 29.8 Å². The third-order valence-corrected chi connectivity index (χ3v) is 2.78. The van der Waals surface area contributed by atoms with E-state index in [0.717, 1.165) is 24.2 Å². The molecule has 4 nitrogen and oxygen atoms in total. The Morgan fingerprint density at radius 2 is 1.89 bits per heavy atom. The Labute approximate surface area is 108 Å². The number of amides is 1. The van der Waals surface area contributed by atoms with Gasteiger partial charge in [-0.2, -0.15) is 0 Å². The van der Waals surface area contributed by atoms with Crippen molar-refractivity contribution >= 4 is 11.6 Å². The van der Waals surface area contributed by atoms with Crippen LogP contribution in [0.2, 0.25) is 0 Å². The van der Waals surface area contributed by atoms with Crippen LogP contribution in [0.3, 0.4) is 0 Å². The van der Waals surface area contributed by atoms with Crippen molar-refractivity contribution in [2.75, 3.05) is 11.9 Å². The molecule has 100 valence electrons. The molecule has 0 saturated carbocycles. The maximum Gasteiger partial charge on any atom is 0.221 e. The minimum atomic E-state index is -0.0783. The average Bonchev–Trinajstić information content (AvgIpc) is 2.27. The van der Waals surface area contributed by atoms with E-state index in [2.05, 4.69) is 24.5 Å². The summed E-state index contributed by atoms with van der Waals surface area (Å²) >= 11 is 0. The minimum absolute atomic E-state index is 0.0649. The molecule has 1 amide bonds. The Hall–Kier alpha value is -1.39. The van der Waals surface area contributed by atoms with Gasteiger partial charge in [0.05, 0.1) is 0 Å². The second kappa shape index (κ2) is 6.52.